The summed E-state index contributed by atoms with van der Waals surface area (Å²) in [5.74, 6) is 0.160. The molecule has 0 spiro atoms. The van der Waals surface area contributed by atoms with E-state index < -0.39 is 0 Å². The van der Waals surface area contributed by atoms with Crippen molar-refractivity contribution in [1.82, 2.24) is 25.2 Å². The summed E-state index contributed by atoms with van der Waals surface area (Å²) in [7, 11) is 0. The molecule has 0 aliphatic carbocycles. The molecule has 0 aliphatic heterocycles. The Kier molecular flexibility index (Phi) is 4.28. The van der Waals surface area contributed by atoms with Crippen LogP contribution in [0.4, 0.5) is 0 Å². The Labute approximate surface area is 153 Å². The number of aromatic amines is 1. The Balaban J connectivity index is 1.71. The zero-order valence-electron chi connectivity index (χ0n) is 13.7. The number of aromatic nitrogens is 5. The summed E-state index contributed by atoms with van der Waals surface area (Å²) in [6.07, 6.45) is 0. The molecular formula is C19H15N5OS. The Morgan fingerprint density at radius 2 is 1.73 bits per heavy atom. The SMILES string of the molecule is C=c1[nH]c(-c2ccccc2)c(O)c1=CSc1nnnn1-c1ccccc1. The number of nitrogens with zero attached hydrogens (tertiary/aromatic N) is 4. The molecule has 2 aromatic heterocycles. The van der Waals surface area contributed by atoms with Crippen LogP contribution in [0, 0.1) is 0 Å². The van der Waals surface area contributed by atoms with Crippen LogP contribution in [0.3, 0.4) is 0 Å². The van der Waals surface area contributed by atoms with Gasteiger partial charge < -0.3 is 10.1 Å². The first-order chi connectivity index (χ1) is 12.7. The molecule has 0 fully saturated rings. The number of rotatable bonds is 4. The van der Waals surface area contributed by atoms with Gasteiger partial charge >= 0.3 is 0 Å². The molecule has 2 heterocycles. The minimum atomic E-state index is 0.160. The number of para-hydroxylation sites is 1. The maximum atomic E-state index is 10.6. The highest BCUT2D eigenvalue weighted by Gasteiger charge is 2.11. The summed E-state index contributed by atoms with van der Waals surface area (Å²) in [4.78, 5) is 3.14. The van der Waals surface area contributed by atoms with Gasteiger partial charge in [-0.25, -0.2) is 0 Å². The molecule has 0 atom stereocenters. The standard InChI is InChI=1S/C19H15N5OS/c1-13-16(18(25)17(20-13)14-8-4-2-5-9-14)12-26-19-21-22-23-24(19)15-10-6-3-7-11-15/h2-12,20,25H,1H2. The van der Waals surface area contributed by atoms with E-state index in [2.05, 4.69) is 27.1 Å². The van der Waals surface area contributed by atoms with E-state index in [-0.39, 0.29) is 5.75 Å². The first-order valence-electron chi connectivity index (χ1n) is 7.90. The summed E-state index contributed by atoms with van der Waals surface area (Å²) in [5.41, 5.74) is 2.41. The topological polar surface area (TPSA) is 79.6 Å². The molecule has 0 radical (unpaired) electrons. The van der Waals surface area contributed by atoms with E-state index in [1.54, 1.807) is 10.1 Å². The molecular weight excluding hydrogens is 346 g/mol. The van der Waals surface area contributed by atoms with Crippen molar-refractivity contribution in [3.8, 4) is 22.7 Å². The molecule has 2 aromatic carbocycles. The molecule has 26 heavy (non-hydrogen) atoms. The summed E-state index contributed by atoms with van der Waals surface area (Å²) in [5, 5.41) is 26.1. The van der Waals surface area contributed by atoms with Crippen LogP contribution >= 0.6 is 11.8 Å². The Morgan fingerprint density at radius 1 is 1.04 bits per heavy atom. The summed E-state index contributed by atoms with van der Waals surface area (Å²) >= 11 is 1.32. The summed E-state index contributed by atoms with van der Waals surface area (Å²) in [6.45, 7) is 3.99. The van der Waals surface area contributed by atoms with Gasteiger partial charge in [-0.05, 0) is 28.0 Å². The quantitative estimate of drug-likeness (QED) is 0.545. The molecule has 4 rings (SSSR count). The molecule has 4 aromatic rings. The maximum absolute atomic E-state index is 10.6. The fourth-order valence-electron chi connectivity index (χ4n) is 2.59. The largest absolute Gasteiger partial charge is 0.505 e. The zero-order valence-corrected chi connectivity index (χ0v) is 14.5. The predicted molar refractivity (Wildman–Crippen MR) is 102 cm³/mol. The smallest absolute Gasteiger partial charge is 0.218 e. The maximum Gasteiger partial charge on any atom is 0.218 e. The number of nitrogens with one attached hydrogen (secondary N) is 1. The highest BCUT2D eigenvalue weighted by Crippen LogP contribution is 2.24. The molecule has 0 saturated heterocycles. The number of aromatic hydroxyl groups is 1. The van der Waals surface area contributed by atoms with Crippen molar-refractivity contribution in [1.29, 1.82) is 0 Å². The van der Waals surface area contributed by atoms with E-state index in [4.69, 9.17) is 0 Å². The van der Waals surface area contributed by atoms with E-state index in [0.29, 0.717) is 21.4 Å². The first-order valence-corrected chi connectivity index (χ1v) is 8.78. The Morgan fingerprint density at radius 3 is 2.46 bits per heavy atom. The van der Waals surface area contributed by atoms with E-state index in [1.165, 1.54) is 11.8 Å². The van der Waals surface area contributed by atoms with Crippen molar-refractivity contribution < 1.29 is 5.11 Å². The second kappa shape index (κ2) is 6.89. The van der Waals surface area contributed by atoms with Crippen LogP contribution in [-0.2, 0) is 0 Å². The predicted octanol–water partition coefficient (Wildman–Crippen LogP) is 2.30. The molecule has 128 valence electrons. The minimum Gasteiger partial charge on any atom is -0.505 e. The highest BCUT2D eigenvalue weighted by molar-refractivity contribution is 8.06. The molecule has 0 unspecified atom stereocenters. The monoisotopic (exact) mass is 361 g/mol. The van der Waals surface area contributed by atoms with Gasteiger partial charge in [-0.3, -0.25) is 0 Å². The van der Waals surface area contributed by atoms with Crippen molar-refractivity contribution in [2.45, 2.75) is 5.16 Å². The summed E-state index contributed by atoms with van der Waals surface area (Å²) < 4.78 is 1.64. The van der Waals surface area contributed by atoms with Gasteiger partial charge in [0.05, 0.1) is 11.4 Å². The Hall–Kier alpha value is -3.32. The average Bonchev–Trinajstić information content (AvgIpc) is 3.26. The van der Waals surface area contributed by atoms with E-state index in [1.807, 2.05) is 60.7 Å². The second-order valence-electron chi connectivity index (χ2n) is 5.55. The molecule has 0 bridgehead atoms. The molecule has 0 saturated carbocycles. The van der Waals surface area contributed by atoms with Crippen molar-refractivity contribution >= 4 is 23.7 Å². The van der Waals surface area contributed by atoms with Gasteiger partial charge in [0.1, 0.15) is 5.75 Å². The lowest BCUT2D eigenvalue weighted by Crippen LogP contribution is -2.19. The van der Waals surface area contributed by atoms with Crippen LogP contribution in [0.1, 0.15) is 0 Å². The van der Waals surface area contributed by atoms with Gasteiger partial charge in [-0.15, -0.1) is 5.10 Å². The van der Waals surface area contributed by atoms with Gasteiger partial charge in [0.2, 0.25) is 5.16 Å². The first kappa shape index (κ1) is 16.2. The third-order valence-corrected chi connectivity index (χ3v) is 4.70. The fraction of sp³-hybridized carbons (Fsp3) is 0. The fourth-order valence-corrected chi connectivity index (χ4v) is 3.39. The van der Waals surface area contributed by atoms with Crippen LogP contribution in [-0.4, -0.2) is 30.3 Å². The number of H-pyrrole nitrogens is 1. The van der Waals surface area contributed by atoms with Crippen molar-refractivity contribution in [2.24, 2.45) is 0 Å². The minimum absolute atomic E-state index is 0.160. The van der Waals surface area contributed by atoms with Gasteiger partial charge in [0.25, 0.3) is 0 Å². The van der Waals surface area contributed by atoms with E-state index in [9.17, 15) is 5.11 Å². The lowest BCUT2D eigenvalue weighted by atomic mass is 10.1. The van der Waals surface area contributed by atoms with E-state index >= 15 is 0 Å². The van der Waals surface area contributed by atoms with Crippen LogP contribution in [0.2, 0.25) is 0 Å². The van der Waals surface area contributed by atoms with Crippen LogP contribution in [0.5, 0.6) is 5.75 Å². The summed E-state index contributed by atoms with van der Waals surface area (Å²) in [6, 6.07) is 19.3. The highest BCUT2D eigenvalue weighted by atomic mass is 32.2. The lowest BCUT2D eigenvalue weighted by Gasteiger charge is -2.01. The molecule has 6 nitrogen and oxygen atoms in total. The number of hydrogen-bond donors (Lipinski definition) is 2. The molecule has 0 amide bonds. The number of thioether (sulfide) groups is 1. The van der Waals surface area contributed by atoms with Gasteiger partial charge in [-0.2, -0.15) is 4.68 Å². The third-order valence-electron chi connectivity index (χ3n) is 3.88. The molecule has 2 N–H and O–H groups in total. The van der Waals surface area contributed by atoms with Crippen molar-refractivity contribution in [3.63, 3.8) is 0 Å². The molecule has 7 heteroatoms. The van der Waals surface area contributed by atoms with Gasteiger partial charge in [0, 0.05) is 16.1 Å². The van der Waals surface area contributed by atoms with Gasteiger partial charge in [0.15, 0.2) is 0 Å². The number of hydrogen-bond acceptors (Lipinski definition) is 5. The zero-order chi connectivity index (χ0) is 17.9. The normalized spacial score (nSPS) is 11.8. The van der Waals surface area contributed by atoms with Crippen LogP contribution < -0.4 is 10.6 Å². The lowest BCUT2D eigenvalue weighted by molar-refractivity contribution is 0.474. The Bertz CT molecular complexity index is 1140. The number of benzene rings is 2. The van der Waals surface area contributed by atoms with E-state index in [0.717, 1.165) is 11.3 Å². The number of tetrazole rings is 1. The van der Waals surface area contributed by atoms with Gasteiger partial charge in [-0.1, -0.05) is 66.9 Å². The third kappa shape index (κ3) is 3.00. The van der Waals surface area contributed by atoms with Crippen molar-refractivity contribution in [3.05, 3.63) is 71.2 Å². The second-order valence-corrected chi connectivity index (χ2v) is 6.39. The van der Waals surface area contributed by atoms with Crippen LogP contribution in [0.25, 0.3) is 28.9 Å². The molecule has 0 aliphatic rings. The average molecular weight is 361 g/mol. The van der Waals surface area contributed by atoms with Crippen LogP contribution in [0.15, 0.2) is 65.8 Å². The van der Waals surface area contributed by atoms with Crippen molar-refractivity contribution in [2.75, 3.05) is 0 Å².